The van der Waals surface area contributed by atoms with Crippen LogP contribution >= 0.6 is 0 Å². The highest BCUT2D eigenvalue weighted by atomic mass is 32.2. The van der Waals surface area contributed by atoms with Crippen LogP contribution in [0.3, 0.4) is 0 Å². The van der Waals surface area contributed by atoms with Crippen molar-refractivity contribution in [2.75, 3.05) is 69.2 Å². The number of likely N-dealkylation sites (N-methyl/N-ethyl adjacent to an activating group) is 1. The molecule has 2 aromatic rings. The van der Waals surface area contributed by atoms with Crippen LogP contribution in [-0.2, 0) is 10.0 Å². The molecule has 2 aliphatic rings. The lowest BCUT2D eigenvalue weighted by atomic mass is 10.1. The van der Waals surface area contributed by atoms with Crippen LogP contribution in [0.1, 0.15) is 0 Å². The van der Waals surface area contributed by atoms with Gasteiger partial charge in [-0.15, -0.1) is 0 Å². The van der Waals surface area contributed by atoms with Crippen molar-refractivity contribution in [2.24, 2.45) is 0 Å². The van der Waals surface area contributed by atoms with Crippen LogP contribution in [0.25, 0.3) is 0 Å². The molecule has 0 aromatic heterocycles. The molecule has 166 valence electrons. The Hall–Kier alpha value is -2.69. The average Bonchev–Trinajstić information content (AvgIpc) is 2.80. The highest BCUT2D eigenvalue weighted by molar-refractivity contribution is 7.89. The maximum Gasteiger partial charge on any atom is 0.292 e. The molecular formula is C21H27N5O4S. The molecule has 10 heteroatoms. The SMILES string of the molecule is CN1CCN(c2cc(N3CCN(S(=O)(=O)c4ccccc4)CC3)ccc2[N+](=O)[O-])CC1. The molecule has 2 aliphatic heterocycles. The fraction of sp³-hybridized carbons (Fsp3) is 0.429. The minimum absolute atomic E-state index is 0.110. The van der Waals surface area contributed by atoms with E-state index in [1.807, 2.05) is 13.1 Å². The van der Waals surface area contributed by atoms with Gasteiger partial charge in [-0.3, -0.25) is 10.1 Å². The van der Waals surface area contributed by atoms with Gasteiger partial charge in [0.15, 0.2) is 0 Å². The lowest BCUT2D eigenvalue weighted by molar-refractivity contribution is -0.384. The molecule has 2 saturated heterocycles. The van der Waals surface area contributed by atoms with Crippen LogP contribution in [0.4, 0.5) is 17.1 Å². The van der Waals surface area contributed by atoms with Gasteiger partial charge in [0, 0.05) is 64.1 Å². The number of benzene rings is 2. The number of sulfonamides is 1. The van der Waals surface area contributed by atoms with E-state index in [9.17, 15) is 18.5 Å². The number of hydrogen-bond donors (Lipinski definition) is 0. The molecule has 2 heterocycles. The summed E-state index contributed by atoms with van der Waals surface area (Å²) in [6.45, 7) is 5.01. The summed E-state index contributed by atoms with van der Waals surface area (Å²) in [4.78, 5) is 17.9. The molecule has 0 spiro atoms. The molecule has 0 atom stereocenters. The van der Waals surface area contributed by atoms with E-state index in [4.69, 9.17) is 0 Å². The fourth-order valence-electron chi connectivity index (χ4n) is 4.09. The van der Waals surface area contributed by atoms with E-state index < -0.39 is 10.0 Å². The van der Waals surface area contributed by atoms with E-state index in [0.717, 1.165) is 31.9 Å². The first-order valence-electron chi connectivity index (χ1n) is 10.4. The van der Waals surface area contributed by atoms with Crippen LogP contribution in [0, 0.1) is 10.1 Å². The third-order valence-corrected chi connectivity index (χ3v) is 7.90. The predicted octanol–water partition coefficient (Wildman–Crippen LogP) is 1.86. The lowest BCUT2D eigenvalue weighted by Gasteiger charge is -2.37. The third kappa shape index (κ3) is 4.51. The van der Waals surface area contributed by atoms with Gasteiger partial charge in [-0.2, -0.15) is 4.31 Å². The molecule has 0 saturated carbocycles. The minimum Gasteiger partial charge on any atom is -0.369 e. The van der Waals surface area contributed by atoms with Gasteiger partial charge in [-0.05, 0) is 31.3 Å². The first-order valence-corrected chi connectivity index (χ1v) is 11.8. The fourth-order valence-corrected chi connectivity index (χ4v) is 5.53. The summed E-state index contributed by atoms with van der Waals surface area (Å²) in [5, 5.41) is 11.6. The standard InChI is InChI=1S/C21H27N5O4S/c1-22-9-11-24(12-10-22)21-17-18(7-8-20(21)26(27)28)23-13-15-25(16-14-23)31(29,30)19-5-3-2-4-6-19/h2-8,17H,9-16H2,1H3. The first-order chi connectivity index (χ1) is 14.9. The Morgan fingerprint density at radius 2 is 1.45 bits per heavy atom. The molecule has 0 aliphatic carbocycles. The molecule has 2 aromatic carbocycles. The van der Waals surface area contributed by atoms with Gasteiger partial charge < -0.3 is 14.7 Å². The molecule has 9 nitrogen and oxygen atoms in total. The number of anilines is 2. The minimum atomic E-state index is -3.51. The van der Waals surface area contributed by atoms with Gasteiger partial charge >= 0.3 is 0 Å². The molecule has 0 bridgehead atoms. The van der Waals surface area contributed by atoms with Gasteiger partial charge in [0.2, 0.25) is 10.0 Å². The van der Waals surface area contributed by atoms with Crippen LogP contribution in [0.15, 0.2) is 53.4 Å². The Balaban J connectivity index is 1.51. The topological polar surface area (TPSA) is 90.2 Å². The second-order valence-electron chi connectivity index (χ2n) is 7.92. The van der Waals surface area contributed by atoms with Crippen molar-refractivity contribution in [3.05, 3.63) is 58.6 Å². The van der Waals surface area contributed by atoms with Crippen molar-refractivity contribution in [3.63, 3.8) is 0 Å². The van der Waals surface area contributed by atoms with Crippen molar-refractivity contribution in [3.8, 4) is 0 Å². The molecule has 4 rings (SSSR count). The predicted molar refractivity (Wildman–Crippen MR) is 120 cm³/mol. The number of nitrogens with zero attached hydrogens (tertiary/aromatic N) is 5. The monoisotopic (exact) mass is 445 g/mol. The molecular weight excluding hydrogens is 418 g/mol. The smallest absolute Gasteiger partial charge is 0.292 e. The largest absolute Gasteiger partial charge is 0.369 e. The molecule has 0 unspecified atom stereocenters. The van der Waals surface area contributed by atoms with E-state index in [1.165, 1.54) is 4.31 Å². The van der Waals surface area contributed by atoms with E-state index in [2.05, 4.69) is 14.7 Å². The molecule has 2 fully saturated rings. The summed E-state index contributed by atoms with van der Waals surface area (Å²) in [6.07, 6.45) is 0. The number of rotatable bonds is 5. The zero-order valence-electron chi connectivity index (χ0n) is 17.6. The normalized spacial score (nSPS) is 18.9. The van der Waals surface area contributed by atoms with Crippen molar-refractivity contribution in [1.82, 2.24) is 9.21 Å². The number of hydrogen-bond acceptors (Lipinski definition) is 7. The number of piperazine rings is 2. The zero-order chi connectivity index (χ0) is 22.0. The summed E-state index contributed by atoms with van der Waals surface area (Å²) >= 11 is 0. The Labute approximate surface area is 182 Å². The van der Waals surface area contributed by atoms with Crippen molar-refractivity contribution >= 4 is 27.1 Å². The van der Waals surface area contributed by atoms with Gasteiger partial charge in [-0.1, -0.05) is 18.2 Å². The summed E-state index contributed by atoms with van der Waals surface area (Å²) in [7, 11) is -1.46. The van der Waals surface area contributed by atoms with Crippen LogP contribution in [0.2, 0.25) is 0 Å². The van der Waals surface area contributed by atoms with Gasteiger partial charge in [-0.25, -0.2) is 8.42 Å². The molecule has 0 N–H and O–H groups in total. The van der Waals surface area contributed by atoms with Crippen LogP contribution in [0.5, 0.6) is 0 Å². The van der Waals surface area contributed by atoms with E-state index in [-0.39, 0.29) is 10.6 Å². The second kappa shape index (κ2) is 8.81. The maximum absolute atomic E-state index is 12.9. The third-order valence-electron chi connectivity index (χ3n) is 5.98. The van der Waals surface area contributed by atoms with E-state index in [1.54, 1.807) is 42.5 Å². The Kier molecular flexibility index (Phi) is 6.12. The number of nitro groups is 1. The Morgan fingerprint density at radius 3 is 2.06 bits per heavy atom. The highest BCUT2D eigenvalue weighted by Crippen LogP contribution is 2.34. The van der Waals surface area contributed by atoms with Gasteiger partial charge in [0.05, 0.1) is 9.82 Å². The number of nitro benzene ring substituents is 1. The quantitative estimate of drug-likeness (QED) is 0.513. The van der Waals surface area contributed by atoms with Crippen LogP contribution in [-0.4, -0.2) is 82.0 Å². The van der Waals surface area contributed by atoms with Gasteiger partial charge in [0.25, 0.3) is 5.69 Å². The van der Waals surface area contributed by atoms with E-state index in [0.29, 0.717) is 36.8 Å². The second-order valence-corrected chi connectivity index (χ2v) is 9.86. The Morgan fingerprint density at radius 1 is 0.839 bits per heavy atom. The Bertz CT molecular complexity index is 1030. The summed E-state index contributed by atoms with van der Waals surface area (Å²) in [6, 6.07) is 13.7. The maximum atomic E-state index is 12.9. The van der Waals surface area contributed by atoms with Gasteiger partial charge in [0.1, 0.15) is 5.69 Å². The molecule has 0 amide bonds. The van der Waals surface area contributed by atoms with Crippen LogP contribution < -0.4 is 9.80 Å². The highest BCUT2D eigenvalue weighted by Gasteiger charge is 2.30. The zero-order valence-corrected chi connectivity index (χ0v) is 18.4. The van der Waals surface area contributed by atoms with Crippen molar-refractivity contribution in [2.45, 2.75) is 4.90 Å². The summed E-state index contributed by atoms with van der Waals surface area (Å²) in [5.74, 6) is 0. The molecule has 0 radical (unpaired) electrons. The first kappa shape index (κ1) is 21.5. The lowest BCUT2D eigenvalue weighted by Crippen LogP contribution is -2.48. The molecule has 31 heavy (non-hydrogen) atoms. The van der Waals surface area contributed by atoms with Crippen molar-refractivity contribution < 1.29 is 13.3 Å². The summed E-state index contributed by atoms with van der Waals surface area (Å²) < 4.78 is 27.2. The average molecular weight is 446 g/mol. The van der Waals surface area contributed by atoms with Crippen molar-refractivity contribution in [1.29, 1.82) is 0 Å². The van der Waals surface area contributed by atoms with E-state index >= 15 is 0 Å². The summed E-state index contributed by atoms with van der Waals surface area (Å²) in [5.41, 5.74) is 1.63.